The quantitative estimate of drug-likeness (QED) is 0.593. The van der Waals surface area contributed by atoms with Gasteiger partial charge in [-0.2, -0.15) is 0 Å². The number of aliphatic carboxylic acids is 1. The molecule has 106 valence electrons. The van der Waals surface area contributed by atoms with Gasteiger partial charge in [-0.15, -0.1) is 0 Å². The molecular weight excluding hydrogens is 268 g/mol. The summed E-state index contributed by atoms with van der Waals surface area (Å²) in [5.74, 6) is -1.28. The van der Waals surface area contributed by atoms with Crippen LogP contribution < -0.4 is 11.1 Å². The van der Waals surface area contributed by atoms with Crippen molar-refractivity contribution in [2.24, 2.45) is 0 Å². The summed E-state index contributed by atoms with van der Waals surface area (Å²) in [4.78, 5) is 22.5. The summed E-state index contributed by atoms with van der Waals surface area (Å²) in [7, 11) is 0. The Labute approximate surface area is 121 Å². The summed E-state index contributed by atoms with van der Waals surface area (Å²) in [5, 5.41) is 11.3. The van der Waals surface area contributed by atoms with Crippen molar-refractivity contribution in [1.29, 1.82) is 0 Å². The van der Waals surface area contributed by atoms with E-state index in [2.05, 4.69) is 5.32 Å². The molecule has 0 spiro atoms. The predicted octanol–water partition coefficient (Wildman–Crippen LogP) is 2.62. The van der Waals surface area contributed by atoms with E-state index in [9.17, 15) is 9.59 Å². The van der Waals surface area contributed by atoms with Gasteiger partial charge in [-0.1, -0.05) is 12.1 Å². The summed E-state index contributed by atoms with van der Waals surface area (Å²) in [6.45, 7) is 0. The summed E-state index contributed by atoms with van der Waals surface area (Å²) >= 11 is 0. The van der Waals surface area contributed by atoms with Crippen molar-refractivity contribution in [2.75, 3.05) is 11.1 Å². The number of benzene rings is 2. The largest absolute Gasteiger partial charge is 0.478 e. The van der Waals surface area contributed by atoms with E-state index < -0.39 is 5.97 Å². The van der Waals surface area contributed by atoms with E-state index in [1.54, 1.807) is 48.5 Å². The number of carbonyl (C=O) groups excluding carboxylic acids is 1. The van der Waals surface area contributed by atoms with Gasteiger partial charge in [0.2, 0.25) is 0 Å². The Bertz CT molecular complexity index is 691. The van der Waals surface area contributed by atoms with Crippen molar-refractivity contribution in [2.45, 2.75) is 0 Å². The Morgan fingerprint density at radius 2 is 1.81 bits per heavy atom. The van der Waals surface area contributed by atoms with Gasteiger partial charge in [0.1, 0.15) is 0 Å². The zero-order valence-corrected chi connectivity index (χ0v) is 11.1. The maximum absolute atomic E-state index is 12.0. The monoisotopic (exact) mass is 282 g/mol. The number of hydrogen-bond donors (Lipinski definition) is 3. The number of carboxylic acids is 1. The lowest BCUT2D eigenvalue weighted by molar-refractivity contribution is -0.131. The lowest BCUT2D eigenvalue weighted by Crippen LogP contribution is -2.11. The molecule has 0 aromatic heterocycles. The molecule has 2 aromatic carbocycles. The zero-order valence-electron chi connectivity index (χ0n) is 11.1. The number of hydrogen-bond acceptors (Lipinski definition) is 3. The number of carbonyl (C=O) groups is 2. The van der Waals surface area contributed by atoms with Crippen LogP contribution >= 0.6 is 0 Å². The molecule has 0 saturated heterocycles. The minimum Gasteiger partial charge on any atom is -0.478 e. The first kappa shape index (κ1) is 14.3. The first-order valence-corrected chi connectivity index (χ1v) is 6.22. The first-order valence-electron chi connectivity index (χ1n) is 6.22. The summed E-state index contributed by atoms with van der Waals surface area (Å²) in [6, 6.07) is 13.5. The molecular formula is C16H14N2O3. The molecule has 0 radical (unpaired) electrons. The maximum atomic E-state index is 12.0. The Morgan fingerprint density at radius 1 is 1.10 bits per heavy atom. The van der Waals surface area contributed by atoms with Crippen molar-refractivity contribution in [3.8, 4) is 0 Å². The van der Waals surface area contributed by atoms with E-state index in [-0.39, 0.29) is 5.91 Å². The molecule has 0 aliphatic heterocycles. The molecule has 0 aliphatic carbocycles. The molecule has 0 bridgehead atoms. The van der Waals surface area contributed by atoms with Gasteiger partial charge in [-0.25, -0.2) is 4.79 Å². The Hall–Kier alpha value is -3.08. The summed E-state index contributed by atoms with van der Waals surface area (Å²) in [6.07, 6.45) is 2.50. The third kappa shape index (κ3) is 4.21. The van der Waals surface area contributed by atoms with Crippen LogP contribution in [0.5, 0.6) is 0 Å². The fourth-order valence-electron chi connectivity index (χ4n) is 1.73. The predicted molar refractivity (Wildman–Crippen MR) is 81.9 cm³/mol. The zero-order chi connectivity index (χ0) is 15.2. The highest BCUT2D eigenvalue weighted by molar-refractivity contribution is 6.04. The van der Waals surface area contributed by atoms with Crippen LogP contribution in [-0.2, 0) is 4.79 Å². The lowest BCUT2D eigenvalue weighted by Gasteiger charge is -2.06. The van der Waals surface area contributed by atoms with Crippen LogP contribution in [-0.4, -0.2) is 17.0 Å². The average molecular weight is 282 g/mol. The van der Waals surface area contributed by atoms with E-state index in [1.807, 2.05) is 0 Å². The molecule has 1 amide bonds. The second-order valence-corrected chi connectivity index (χ2v) is 4.37. The molecule has 0 aliphatic rings. The number of nitrogens with two attached hydrogens (primary N) is 1. The maximum Gasteiger partial charge on any atom is 0.328 e. The van der Waals surface area contributed by atoms with Gasteiger partial charge < -0.3 is 16.2 Å². The minimum absolute atomic E-state index is 0.255. The average Bonchev–Trinajstić information content (AvgIpc) is 2.46. The molecule has 5 heteroatoms. The normalized spacial score (nSPS) is 10.5. The van der Waals surface area contributed by atoms with Crippen molar-refractivity contribution in [3.63, 3.8) is 0 Å². The molecule has 0 heterocycles. The van der Waals surface area contributed by atoms with Crippen molar-refractivity contribution in [1.82, 2.24) is 0 Å². The highest BCUT2D eigenvalue weighted by atomic mass is 16.4. The smallest absolute Gasteiger partial charge is 0.328 e. The standard InChI is InChI=1S/C16H14N2O3/c17-13-7-5-12(6-8-13)16(21)18-14-3-1-2-11(10-14)4-9-15(19)20/h1-10H,17H2,(H,18,21)(H,19,20)/b9-4+. The molecule has 4 N–H and O–H groups in total. The van der Waals surface area contributed by atoms with E-state index in [0.29, 0.717) is 22.5 Å². The second kappa shape index (κ2) is 6.38. The highest BCUT2D eigenvalue weighted by Gasteiger charge is 2.05. The van der Waals surface area contributed by atoms with Crippen LogP contribution in [0.15, 0.2) is 54.6 Å². The van der Waals surface area contributed by atoms with Crippen molar-refractivity contribution in [3.05, 3.63) is 65.7 Å². The van der Waals surface area contributed by atoms with Crippen LogP contribution in [0.2, 0.25) is 0 Å². The topological polar surface area (TPSA) is 92.4 Å². The van der Waals surface area contributed by atoms with E-state index in [1.165, 1.54) is 6.08 Å². The number of carboxylic acid groups (broad SMARTS) is 1. The van der Waals surface area contributed by atoms with Gasteiger partial charge in [0.25, 0.3) is 5.91 Å². The number of rotatable bonds is 4. The van der Waals surface area contributed by atoms with Gasteiger partial charge in [0.05, 0.1) is 0 Å². The Kier molecular flexibility index (Phi) is 4.36. The fraction of sp³-hybridized carbons (Fsp3) is 0. The van der Waals surface area contributed by atoms with E-state index >= 15 is 0 Å². The molecule has 0 atom stereocenters. The van der Waals surface area contributed by atoms with Gasteiger partial charge in [-0.3, -0.25) is 4.79 Å². The van der Waals surface area contributed by atoms with Crippen LogP contribution in [0.4, 0.5) is 11.4 Å². The summed E-state index contributed by atoms with van der Waals surface area (Å²) < 4.78 is 0. The van der Waals surface area contributed by atoms with E-state index in [4.69, 9.17) is 10.8 Å². The van der Waals surface area contributed by atoms with Gasteiger partial charge in [0.15, 0.2) is 0 Å². The van der Waals surface area contributed by atoms with Gasteiger partial charge >= 0.3 is 5.97 Å². The number of anilines is 2. The third-order valence-corrected chi connectivity index (χ3v) is 2.74. The van der Waals surface area contributed by atoms with E-state index in [0.717, 1.165) is 6.08 Å². The Balaban J connectivity index is 2.12. The SMILES string of the molecule is Nc1ccc(C(=O)Nc2cccc(/C=C/C(=O)O)c2)cc1. The van der Waals surface area contributed by atoms with Crippen LogP contribution in [0.1, 0.15) is 15.9 Å². The molecule has 0 unspecified atom stereocenters. The number of nitrogens with one attached hydrogen (secondary N) is 1. The third-order valence-electron chi connectivity index (χ3n) is 2.74. The molecule has 2 rings (SSSR count). The lowest BCUT2D eigenvalue weighted by atomic mass is 10.1. The summed E-state index contributed by atoms with van der Waals surface area (Å²) in [5.41, 5.74) is 7.93. The molecule has 0 fully saturated rings. The van der Waals surface area contributed by atoms with Crippen LogP contribution in [0.25, 0.3) is 6.08 Å². The van der Waals surface area contributed by atoms with Crippen molar-refractivity contribution < 1.29 is 14.7 Å². The number of amides is 1. The van der Waals surface area contributed by atoms with Gasteiger partial charge in [0, 0.05) is 23.0 Å². The second-order valence-electron chi connectivity index (χ2n) is 4.37. The van der Waals surface area contributed by atoms with Gasteiger partial charge in [-0.05, 0) is 48.0 Å². The fourth-order valence-corrected chi connectivity index (χ4v) is 1.73. The molecule has 5 nitrogen and oxygen atoms in total. The van der Waals surface area contributed by atoms with Crippen LogP contribution in [0, 0.1) is 0 Å². The number of nitrogen functional groups attached to an aromatic ring is 1. The van der Waals surface area contributed by atoms with Crippen molar-refractivity contribution >= 4 is 29.3 Å². The minimum atomic E-state index is -1.02. The Morgan fingerprint density at radius 3 is 2.48 bits per heavy atom. The molecule has 2 aromatic rings. The molecule has 21 heavy (non-hydrogen) atoms. The molecule has 0 saturated carbocycles. The highest BCUT2D eigenvalue weighted by Crippen LogP contribution is 2.14. The van der Waals surface area contributed by atoms with Crippen LogP contribution in [0.3, 0.4) is 0 Å². The first-order chi connectivity index (χ1) is 10.0.